The van der Waals surface area contributed by atoms with E-state index in [4.69, 9.17) is 4.18 Å². The number of anilines is 1. The van der Waals surface area contributed by atoms with Crippen molar-refractivity contribution in [2.75, 3.05) is 26.1 Å². The van der Waals surface area contributed by atoms with Gasteiger partial charge in [0.15, 0.2) is 16.9 Å². The Morgan fingerprint density at radius 2 is 2.06 bits per heavy atom. The molecule has 1 aromatic rings. The first kappa shape index (κ1) is 13.1. The smallest absolute Gasteiger partial charge is 0.194 e. The third-order valence-corrected chi connectivity index (χ3v) is 2.98. The summed E-state index contributed by atoms with van der Waals surface area (Å²) in [5.41, 5.74) is 0. The first-order chi connectivity index (χ1) is 7.47. The van der Waals surface area contributed by atoms with Crippen LogP contribution in [0.1, 0.15) is 25.6 Å². The Balaban J connectivity index is 3.25. The van der Waals surface area contributed by atoms with E-state index < -0.39 is 11.1 Å². The molecule has 5 nitrogen and oxygen atoms in total. The monoisotopic (exact) mass is 243 g/mol. The van der Waals surface area contributed by atoms with E-state index in [-0.39, 0.29) is 5.92 Å². The molecule has 0 saturated heterocycles. The summed E-state index contributed by atoms with van der Waals surface area (Å²) in [4.78, 5) is 10.9. The summed E-state index contributed by atoms with van der Waals surface area (Å²) in [6.07, 6.45) is 1.57. The summed E-state index contributed by atoms with van der Waals surface area (Å²) in [5.74, 6) is 1.61. The number of hydrogen-bond donors (Lipinski definition) is 0. The van der Waals surface area contributed by atoms with Crippen LogP contribution in [0.15, 0.2) is 11.1 Å². The maximum atomic E-state index is 11.6. The summed E-state index contributed by atoms with van der Waals surface area (Å²) >= 11 is -1.51. The first-order valence-electron chi connectivity index (χ1n) is 4.97. The van der Waals surface area contributed by atoms with Gasteiger partial charge in [-0.25, -0.2) is 14.2 Å². The quantitative estimate of drug-likeness (QED) is 0.798. The molecule has 16 heavy (non-hydrogen) atoms. The molecule has 6 heteroatoms. The van der Waals surface area contributed by atoms with E-state index in [0.29, 0.717) is 10.7 Å². The molecule has 0 aliphatic rings. The minimum Gasteiger partial charge on any atom is -0.362 e. The van der Waals surface area contributed by atoms with Crippen LogP contribution in [0.2, 0.25) is 0 Å². The molecule has 0 aromatic carbocycles. The van der Waals surface area contributed by atoms with E-state index in [2.05, 4.69) is 9.97 Å². The standard InChI is InChI=1S/C10H17N3O2S/c1-7(2)9-11-6-8(16(14)15-5)10(12-9)13(3)4/h6-7H,1-5H3. The molecule has 1 heterocycles. The number of hydrogen-bond acceptors (Lipinski definition) is 5. The second-order valence-corrected chi connectivity index (χ2v) is 5.11. The van der Waals surface area contributed by atoms with Gasteiger partial charge >= 0.3 is 0 Å². The summed E-state index contributed by atoms with van der Waals surface area (Å²) in [6, 6.07) is 0. The predicted octanol–water partition coefficient (Wildman–Crippen LogP) is 1.33. The zero-order valence-electron chi connectivity index (χ0n) is 10.2. The van der Waals surface area contributed by atoms with Gasteiger partial charge < -0.3 is 4.90 Å². The van der Waals surface area contributed by atoms with Crippen molar-refractivity contribution < 1.29 is 8.39 Å². The maximum Gasteiger partial charge on any atom is 0.194 e. The van der Waals surface area contributed by atoms with E-state index in [9.17, 15) is 4.21 Å². The second-order valence-electron chi connectivity index (χ2n) is 3.87. The highest BCUT2D eigenvalue weighted by Gasteiger charge is 2.16. The Morgan fingerprint density at radius 1 is 1.44 bits per heavy atom. The third kappa shape index (κ3) is 2.76. The summed E-state index contributed by atoms with van der Waals surface area (Å²) in [5, 5.41) is 0. The molecule has 0 radical (unpaired) electrons. The fourth-order valence-electron chi connectivity index (χ4n) is 1.18. The Bertz CT molecular complexity index is 394. The Hall–Kier alpha value is -1.01. The van der Waals surface area contributed by atoms with E-state index in [1.165, 1.54) is 7.11 Å². The van der Waals surface area contributed by atoms with Crippen molar-refractivity contribution in [3.05, 3.63) is 12.0 Å². The van der Waals surface area contributed by atoms with E-state index >= 15 is 0 Å². The SMILES string of the molecule is COS(=O)c1cnc(C(C)C)nc1N(C)C. The van der Waals surface area contributed by atoms with Gasteiger partial charge in [-0.2, -0.15) is 0 Å². The average molecular weight is 243 g/mol. The molecule has 1 unspecified atom stereocenters. The molecule has 90 valence electrons. The van der Waals surface area contributed by atoms with Crippen LogP contribution in [0.25, 0.3) is 0 Å². The largest absolute Gasteiger partial charge is 0.362 e. The van der Waals surface area contributed by atoms with Crippen molar-refractivity contribution in [3.8, 4) is 0 Å². The van der Waals surface area contributed by atoms with Crippen LogP contribution in [0.3, 0.4) is 0 Å². The number of aromatic nitrogens is 2. The summed E-state index contributed by atoms with van der Waals surface area (Å²) in [7, 11) is 5.09. The molecule has 1 aromatic heterocycles. The molecule has 0 aliphatic carbocycles. The van der Waals surface area contributed by atoms with Crippen molar-refractivity contribution in [2.24, 2.45) is 0 Å². The van der Waals surface area contributed by atoms with Crippen LogP contribution in [0.5, 0.6) is 0 Å². The molecule has 0 N–H and O–H groups in total. The van der Waals surface area contributed by atoms with Gasteiger partial charge in [0.1, 0.15) is 10.7 Å². The van der Waals surface area contributed by atoms with Gasteiger partial charge in [-0.3, -0.25) is 4.18 Å². The van der Waals surface area contributed by atoms with Crippen LogP contribution in [0, 0.1) is 0 Å². The third-order valence-electron chi connectivity index (χ3n) is 2.03. The molecule has 0 bridgehead atoms. The normalized spacial score (nSPS) is 12.9. The lowest BCUT2D eigenvalue weighted by atomic mass is 10.2. The predicted molar refractivity (Wildman–Crippen MR) is 63.9 cm³/mol. The lowest BCUT2D eigenvalue weighted by Gasteiger charge is -2.16. The topological polar surface area (TPSA) is 55.3 Å². The van der Waals surface area contributed by atoms with Crippen LogP contribution in [0.4, 0.5) is 5.82 Å². The van der Waals surface area contributed by atoms with Crippen molar-refractivity contribution in [1.29, 1.82) is 0 Å². The van der Waals surface area contributed by atoms with Gasteiger partial charge in [0.2, 0.25) is 0 Å². The van der Waals surface area contributed by atoms with Crippen LogP contribution < -0.4 is 4.90 Å². The van der Waals surface area contributed by atoms with Crippen molar-refractivity contribution in [3.63, 3.8) is 0 Å². The van der Waals surface area contributed by atoms with Gasteiger partial charge in [-0.05, 0) is 0 Å². The summed E-state index contributed by atoms with van der Waals surface area (Å²) < 4.78 is 16.4. The Kier molecular flexibility index (Phi) is 4.37. The van der Waals surface area contributed by atoms with Crippen LogP contribution in [-0.4, -0.2) is 35.4 Å². The molecule has 0 amide bonds. The zero-order valence-corrected chi connectivity index (χ0v) is 11.0. The highest BCUT2D eigenvalue weighted by Crippen LogP contribution is 2.21. The highest BCUT2D eigenvalue weighted by molar-refractivity contribution is 7.80. The maximum absolute atomic E-state index is 11.6. The van der Waals surface area contributed by atoms with Gasteiger partial charge in [-0.1, -0.05) is 13.8 Å². The fourth-order valence-corrected chi connectivity index (χ4v) is 1.88. The minimum atomic E-state index is -1.51. The Labute approximate surface area is 98.5 Å². The van der Waals surface area contributed by atoms with Crippen LogP contribution >= 0.6 is 0 Å². The fraction of sp³-hybridized carbons (Fsp3) is 0.600. The number of nitrogens with zero attached hydrogens (tertiary/aromatic N) is 3. The van der Waals surface area contributed by atoms with Gasteiger partial charge in [0, 0.05) is 20.0 Å². The molecule has 0 saturated carbocycles. The van der Waals surface area contributed by atoms with E-state index in [1.54, 1.807) is 11.1 Å². The first-order valence-corrected chi connectivity index (χ1v) is 6.05. The molecular weight excluding hydrogens is 226 g/mol. The molecular formula is C10H17N3O2S. The van der Waals surface area contributed by atoms with Crippen molar-refractivity contribution in [1.82, 2.24) is 9.97 Å². The van der Waals surface area contributed by atoms with Gasteiger partial charge in [0.25, 0.3) is 0 Å². The minimum absolute atomic E-state index is 0.240. The molecule has 1 rings (SSSR count). The molecule has 0 spiro atoms. The van der Waals surface area contributed by atoms with Crippen molar-refractivity contribution in [2.45, 2.75) is 24.7 Å². The zero-order chi connectivity index (χ0) is 12.3. The van der Waals surface area contributed by atoms with E-state index in [0.717, 1.165) is 5.82 Å². The van der Waals surface area contributed by atoms with Gasteiger partial charge in [-0.15, -0.1) is 0 Å². The highest BCUT2D eigenvalue weighted by atomic mass is 32.2. The lowest BCUT2D eigenvalue weighted by molar-refractivity contribution is 0.445. The van der Waals surface area contributed by atoms with E-state index in [1.807, 2.05) is 27.9 Å². The molecule has 0 aliphatic heterocycles. The van der Waals surface area contributed by atoms with Crippen molar-refractivity contribution >= 4 is 16.9 Å². The second kappa shape index (κ2) is 5.36. The molecule has 0 fully saturated rings. The number of rotatable bonds is 4. The molecule has 1 atom stereocenters. The lowest BCUT2D eigenvalue weighted by Crippen LogP contribution is -2.16. The average Bonchev–Trinajstić information content (AvgIpc) is 2.26. The summed E-state index contributed by atoms with van der Waals surface area (Å²) in [6.45, 7) is 4.03. The Morgan fingerprint density at radius 3 is 2.50 bits per heavy atom. The van der Waals surface area contributed by atoms with Crippen LogP contribution in [-0.2, 0) is 15.3 Å². The van der Waals surface area contributed by atoms with Gasteiger partial charge in [0.05, 0.1) is 13.3 Å².